The van der Waals surface area contributed by atoms with E-state index in [0.29, 0.717) is 5.75 Å². The Morgan fingerprint density at radius 1 is 1.44 bits per heavy atom. The molecule has 0 unspecified atom stereocenters. The van der Waals surface area contributed by atoms with E-state index in [0.717, 1.165) is 0 Å². The Bertz CT molecular complexity index is 95.2. The Balaban J connectivity index is -0.000000180. The summed E-state index contributed by atoms with van der Waals surface area (Å²) in [6.07, 6.45) is 1.88. The van der Waals surface area contributed by atoms with Gasteiger partial charge in [0.05, 0.1) is 0 Å². The molecular formula is C3H8NaO3S2-. The molecule has 0 heterocycles. The fourth-order valence-corrected chi connectivity index (χ4v) is 1.36. The SMILES string of the molecule is CSCC[S-](=O)=O.[Na+].[OH-]. The third-order valence-electron chi connectivity index (χ3n) is 0.454. The van der Waals surface area contributed by atoms with Gasteiger partial charge in [-0.2, -0.15) is 11.8 Å². The normalized spacial score (nSPS) is 7.78. The molecule has 0 bridgehead atoms. The zero-order valence-electron chi connectivity index (χ0n) is 5.49. The van der Waals surface area contributed by atoms with E-state index in [1.165, 1.54) is 11.8 Å². The molecule has 0 spiro atoms. The summed E-state index contributed by atoms with van der Waals surface area (Å²) in [5.41, 5.74) is 0. The summed E-state index contributed by atoms with van der Waals surface area (Å²) >= 11 is 1.54. The van der Waals surface area contributed by atoms with Crippen LogP contribution in [0, 0.1) is 0 Å². The van der Waals surface area contributed by atoms with E-state index in [1.54, 1.807) is 0 Å². The summed E-state index contributed by atoms with van der Waals surface area (Å²) in [5, 5.41) is 0. The van der Waals surface area contributed by atoms with Crippen LogP contribution in [-0.2, 0) is 19.1 Å². The molecule has 0 amide bonds. The van der Waals surface area contributed by atoms with E-state index in [-0.39, 0.29) is 40.8 Å². The van der Waals surface area contributed by atoms with Gasteiger partial charge in [-0.1, -0.05) is 16.5 Å². The van der Waals surface area contributed by atoms with Gasteiger partial charge in [0.2, 0.25) is 0 Å². The Morgan fingerprint density at radius 3 is 2.00 bits per heavy atom. The molecule has 0 rings (SSSR count). The molecule has 0 saturated heterocycles. The predicted molar refractivity (Wildman–Crippen MR) is 33.9 cm³/mol. The van der Waals surface area contributed by atoms with Crippen LogP contribution < -0.4 is 29.6 Å². The second-order valence-corrected chi connectivity index (χ2v) is 3.00. The Kier molecular flexibility index (Phi) is 22.2. The number of hydrogen-bond acceptors (Lipinski definition) is 5. The smallest absolute Gasteiger partial charge is 0.870 e. The first-order valence-electron chi connectivity index (χ1n) is 1.82. The topological polar surface area (TPSA) is 64.1 Å². The summed E-state index contributed by atoms with van der Waals surface area (Å²) < 4.78 is 19.5. The third kappa shape index (κ3) is 17.6. The van der Waals surface area contributed by atoms with E-state index < -0.39 is 10.7 Å². The van der Waals surface area contributed by atoms with Crippen LogP contribution in [0.15, 0.2) is 0 Å². The Labute approximate surface area is 83.1 Å². The molecule has 3 nitrogen and oxygen atoms in total. The van der Waals surface area contributed by atoms with E-state index in [4.69, 9.17) is 0 Å². The van der Waals surface area contributed by atoms with Gasteiger partial charge in [0.15, 0.2) is 0 Å². The van der Waals surface area contributed by atoms with E-state index in [1.807, 2.05) is 6.26 Å². The van der Waals surface area contributed by atoms with Crippen LogP contribution in [0.1, 0.15) is 0 Å². The van der Waals surface area contributed by atoms with Crippen LogP contribution in [0.25, 0.3) is 0 Å². The monoisotopic (exact) mass is 179 g/mol. The molecule has 0 aliphatic carbocycles. The second kappa shape index (κ2) is 12.0. The maximum atomic E-state index is 9.74. The molecule has 0 aliphatic rings. The number of hydrogen-bond donors (Lipinski definition) is 0. The molecular weight excluding hydrogens is 171 g/mol. The van der Waals surface area contributed by atoms with Crippen molar-refractivity contribution in [1.29, 1.82) is 0 Å². The maximum Gasteiger partial charge on any atom is 1.00 e. The predicted octanol–water partition coefficient (Wildman–Crippen LogP) is -2.51. The molecule has 0 saturated carbocycles. The molecule has 0 atom stereocenters. The molecule has 0 fully saturated rings. The van der Waals surface area contributed by atoms with Gasteiger partial charge in [-0.05, 0) is 12.0 Å². The first-order chi connectivity index (χ1) is 3.27. The van der Waals surface area contributed by atoms with Crippen molar-refractivity contribution in [1.82, 2.24) is 0 Å². The molecule has 0 radical (unpaired) electrons. The van der Waals surface area contributed by atoms with E-state index in [2.05, 4.69) is 0 Å². The van der Waals surface area contributed by atoms with E-state index >= 15 is 0 Å². The average Bonchev–Trinajstić information content (AvgIpc) is 1.61. The minimum atomic E-state index is -1.84. The third-order valence-corrected chi connectivity index (χ3v) is 1.86. The number of rotatable bonds is 3. The van der Waals surface area contributed by atoms with Gasteiger partial charge in [0, 0.05) is 0 Å². The van der Waals surface area contributed by atoms with Crippen molar-refractivity contribution < 1.29 is 43.5 Å². The summed E-state index contributed by atoms with van der Waals surface area (Å²) in [7, 11) is -1.84. The first-order valence-corrected chi connectivity index (χ1v) is 4.46. The van der Waals surface area contributed by atoms with Crippen molar-refractivity contribution in [2.24, 2.45) is 0 Å². The summed E-state index contributed by atoms with van der Waals surface area (Å²) in [6.45, 7) is 0. The number of thioether (sulfide) groups is 1. The van der Waals surface area contributed by atoms with Crippen LogP contribution in [0.2, 0.25) is 0 Å². The van der Waals surface area contributed by atoms with E-state index in [9.17, 15) is 8.42 Å². The molecule has 52 valence electrons. The van der Waals surface area contributed by atoms with Gasteiger partial charge >= 0.3 is 29.6 Å². The standard InChI is InChI=1S/C3H7O2S2.Na.H2O/c1-6-2-3-7(4)5;;/h2-3H2,1H3;;1H2/q-1;+1;/p-1. The van der Waals surface area contributed by atoms with Crippen molar-refractivity contribution in [2.75, 3.05) is 17.8 Å². The van der Waals surface area contributed by atoms with Crippen LogP contribution in [0.4, 0.5) is 0 Å². The van der Waals surface area contributed by atoms with Crippen LogP contribution in [-0.4, -0.2) is 23.2 Å². The maximum absolute atomic E-state index is 9.74. The summed E-state index contributed by atoms with van der Waals surface area (Å²) in [6, 6.07) is 0. The van der Waals surface area contributed by atoms with Crippen molar-refractivity contribution in [3.63, 3.8) is 0 Å². The molecule has 6 heteroatoms. The van der Waals surface area contributed by atoms with Crippen LogP contribution in [0.5, 0.6) is 0 Å². The van der Waals surface area contributed by atoms with Gasteiger partial charge in [0.25, 0.3) is 0 Å². The molecule has 0 aromatic rings. The summed E-state index contributed by atoms with van der Waals surface area (Å²) in [5.74, 6) is 0.983. The van der Waals surface area contributed by atoms with Gasteiger partial charge in [0.1, 0.15) is 0 Å². The fourth-order valence-electron chi connectivity index (χ4n) is 0.151. The molecule has 1 N–H and O–H groups in total. The van der Waals surface area contributed by atoms with Crippen molar-refractivity contribution in [3.05, 3.63) is 0 Å². The van der Waals surface area contributed by atoms with Crippen LogP contribution in [0.3, 0.4) is 0 Å². The van der Waals surface area contributed by atoms with Gasteiger partial charge in [-0.15, -0.1) is 0 Å². The second-order valence-electron chi connectivity index (χ2n) is 1.00. The van der Waals surface area contributed by atoms with Crippen molar-refractivity contribution in [3.8, 4) is 0 Å². The first kappa shape index (κ1) is 16.7. The van der Waals surface area contributed by atoms with Gasteiger partial charge in [-0.3, -0.25) is 0 Å². The average molecular weight is 179 g/mol. The van der Waals surface area contributed by atoms with Crippen molar-refractivity contribution in [2.45, 2.75) is 0 Å². The Morgan fingerprint density at radius 2 is 1.89 bits per heavy atom. The van der Waals surface area contributed by atoms with Gasteiger partial charge < -0.3 is 13.9 Å². The fraction of sp³-hybridized carbons (Fsp3) is 1.00. The van der Waals surface area contributed by atoms with Crippen molar-refractivity contribution >= 4 is 22.5 Å². The minimum absolute atomic E-state index is 0. The molecule has 0 aromatic carbocycles. The quantitative estimate of drug-likeness (QED) is 0.354. The van der Waals surface area contributed by atoms with Crippen LogP contribution >= 0.6 is 11.8 Å². The largest absolute Gasteiger partial charge is 1.00 e. The summed E-state index contributed by atoms with van der Waals surface area (Å²) in [4.78, 5) is 0. The minimum Gasteiger partial charge on any atom is -0.870 e. The molecule has 0 aromatic heterocycles. The zero-order chi connectivity index (χ0) is 5.70. The van der Waals surface area contributed by atoms with Gasteiger partial charge in [-0.25, -0.2) is 0 Å². The zero-order valence-corrected chi connectivity index (χ0v) is 9.13. The molecule has 0 aliphatic heterocycles. The molecule has 9 heavy (non-hydrogen) atoms. The Hall–Kier alpha value is 1.26.